The Hall–Kier alpha value is -2.32. The summed E-state index contributed by atoms with van der Waals surface area (Å²) in [6, 6.07) is 5.08. The number of ether oxygens (including phenoxy) is 1. The van der Waals surface area contributed by atoms with Crippen LogP contribution in [-0.4, -0.2) is 33.1 Å². The maximum absolute atomic E-state index is 13.2. The number of fused-ring (bicyclic) bond motifs is 1. The highest BCUT2D eigenvalue weighted by Gasteiger charge is 2.45. The predicted octanol–water partition coefficient (Wildman–Crippen LogP) is 2.91. The van der Waals surface area contributed by atoms with Gasteiger partial charge in [0.15, 0.2) is 0 Å². The topological polar surface area (TPSA) is 71.7 Å². The Morgan fingerprint density at radius 1 is 1.21 bits per heavy atom. The second kappa shape index (κ2) is 7.25. The summed E-state index contributed by atoms with van der Waals surface area (Å²) in [7, 11) is 0. The molecule has 0 unspecified atom stereocenters. The molecule has 8 heteroatoms. The summed E-state index contributed by atoms with van der Waals surface area (Å²) >= 11 is 0. The van der Waals surface area contributed by atoms with Gasteiger partial charge in [-0.2, -0.15) is 13.2 Å². The van der Waals surface area contributed by atoms with Crippen LogP contribution in [0.1, 0.15) is 43.0 Å². The van der Waals surface area contributed by atoms with Crippen LogP contribution >= 0.6 is 0 Å². The van der Waals surface area contributed by atoms with E-state index in [0.717, 1.165) is 12.1 Å². The number of aromatic nitrogens is 1. The van der Waals surface area contributed by atoms with Crippen LogP contribution in [0.3, 0.4) is 0 Å². The lowest BCUT2D eigenvalue weighted by Gasteiger charge is -2.42. The minimum atomic E-state index is -4.56. The first kappa shape index (κ1) is 20.4. The van der Waals surface area contributed by atoms with Crippen LogP contribution in [-0.2, 0) is 12.6 Å². The van der Waals surface area contributed by atoms with Crippen molar-refractivity contribution in [3.63, 3.8) is 0 Å². The molecule has 1 aromatic heterocycles. The van der Waals surface area contributed by atoms with E-state index in [4.69, 9.17) is 9.84 Å². The Labute approximate surface area is 160 Å². The second-order valence-electron chi connectivity index (χ2n) is 7.45. The lowest BCUT2D eigenvalue weighted by molar-refractivity contribution is -0.137. The molecule has 2 heterocycles. The maximum Gasteiger partial charge on any atom is 0.416 e. The van der Waals surface area contributed by atoms with Crippen LogP contribution in [0.2, 0.25) is 0 Å². The van der Waals surface area contributed by atoms with E-state index in [1.54, 1.807) is 19.9 Å². The molecule has 28 heavy (non-hydrogen) atoms. The number of hydrogen-bond donors (Lipinski definition) is 2. The highest BCUT2D eigenvalue weighted by atomic mass is 19.4. The van der Waals surface area contributed by atoms with Gasteiger partial charge in [0.25, 0.3) is 5.56 Å². The van der Waals surface area contributed by atoms with Gasteiger partial charge in [0.2, 0.25) is 0 Å². The van der Waals surface area contributed by atoms with Crippen LogP contribution in [0.5, 0.6) is 5.75 Å². The third-order valence-corrected chi connectivity index (χ3v) is 4.98. The fourth-order valence-corrected chi connectivity index (χ4v) is 3.44. The zero-order chi connectivity index (χ0) is 20.7. The number of aryl methyl sites for hydroxylation is 1. The summed E-state index contributed by atoms with van der Waals surface area (Å²) in [6.07, 6.45) is -3.34. The molecule has 0 spiro atoms. The zero-order valence-electron chi connectivity index (χ0n) is 15.5. The summed E-state index contributed by atoms with van der Waals surface area (Å²) in [5.74, 6) is 0.199. The van der Waals surface area contributed by atoms with Gasteiger partial charge >= 0.3 is 6.18 Å². The number of benzene rings is 1. The predicted molar refractivity (Wildman–Crippen MR) is 96.4 cm³/mol. The van der Waals surface area contributed by atoms with Crippen molar-refractivity contribution in [2.75, 3.05) is 6.61 Å². The van der Waals surface area contributed by atoms with Gasteiger partial charge in [-0.15, -0.1) is 0 Å². The molecule has 0 amide bonds. The molecular formula is C20H22F3NO4. The van der Waals surface area contributed by atoms with Crippen LogP contribution in [0, 0.1) is 0 Å². The summed E-state index contributed by atoms with van der Waals surface area (Å²) in [6.45, 7) is 3.22. The van der Waals surface area contributed by atoms with Gasteiger partial charge in [-0.05, 0) is 56.5 Å². The maximum atomic E-state index is 13.2. The highest BCUT2D eigenvalue weighted by molar-refractivity contribution is 5.44. The number of hydrogen-bond acceptors (Lipinski definition) is 4. The molecule has 152 valence electrons. The van der Waals surface area contributed by atoms with Gasteiger partial charge in [0.1, 0.15) is 17.5 Å². The molecule has 1 aliphatic rings. The molecule has 2 N–H and O–H groups in total. The third-order valence-electron chi connectivity index (χ3n) is 4.98. The third kappa shape index (κ3) is 3.79. The first-order valence-corrected chi connectivity index (χ1v) is 8.95. The van der Waals surface area contributed by atoms with Crippen molar-refractivity contribution in [2.24, 2.45) is 0 Å². The molecule has 0 aliphatic carbocycles. The number of aliphatic hydroxyl groups is 2. The number of rotatable bonds is 4. The minimum Gasteiger partial charge on any atom is -0.485 e. The van der Waals surface area contributed by atoms with E-state index < -0.39 is 35.0 Å². The van der Waals surface area contributed by atoms with Gasteiger partial charge in [0.05, 0.1) is 11.6 Å². The average molecular weight is 397 g/mol. The smallest absolute Gasteiger partial charge is 0.416 e. The minimum absolute atomic E-state index is 0.0104. The number of aliphatic hydroxyl groups excluding tert-OH is 2. The SMILES string of the molecule is CC1(C)Oc2ccc(C(F)(F)F)cc2[C@@H](n2ccc(CCCO)cc2=O)[C@@H]1O. The second-order valence-corrected chi connectivity index (χ2v) is 7.45. The Balaban J connectivity index is 2.13. The molecule has 2 atom stereocenters. The van der Waals surface area contributed by atoms with Crippen molar-refractivity contribution in [2.45, 2.75) is 50.6 Å². The molecule has 5 nitrogen and oxygen atoms in total. The van der Waals surface area contributed by atoms with Gasteiger partial charge in [-0.1, -0.05) is 0 Å². The lowest BCUT2D eigenvalue weighted by Crippen LogP contribution is -2.52. The van der Waals surface area contributed by atoms with E-state index in [1.807, 2.05) is 0 Å². The Kier molecular flexibility index (Phi) is 5.29. The fourth-order valence-electron chi connectivity index (χ4n) is 3.44. The van der Waals surface area contributed by atoms with Crippen molar-refractivity contribution in [1.29, 1.82) is 0 Å². The Bertz CT molecular complexity index is 920. The number of halogens is 3. The van der Waals surface area contributed by atoms with E-state index in [1.165, 1.54) is 22.9 Å². The van der Waals surface area contributed by atoms with Crippen LogP contribution in [0.15, 0.2) is 41.3 Å². The monoisotopic (exact) mass is 397 g/mol. The average Bonchev–Trinajstić information content (AvgIpc) is 2.60. The van der Waals surface area contributed by atoms with E-state index in [0.29, 0.717) is 18.4 Å². The summed E-state index contributed by atoms with van der Waals surface area (Å²) in [5.41, 5.74) is -1.61. The molecule has 0 fully saturated rings. The molecular weight excluding hydrogens is 375 g/mol. The Morgan fingerprint density at radius 3 is 2.54 bits per heavy atom. The fraction of sp³-hybridized carbons (Fsp3) is 0.450. The molecule has 1 aromatic carbocycles. The van der Waals surface area contributed by atoms with Gasteiger partial charge < -0.3 is 19.5 Å². The van der Waals surface area contributed by atoms with Gasteiger partial charge in [-0.3, -0.25) is 4.79 Å². The molecule has 2 aromatic rings. The molecule has 0 saturated heterocycles. The first-order chi connectivity index (χ1) is 13.0. The first-order valence-electron chi connectivity index (χ1n) is 8.95. The molecule has 0 bridgehead atoms. The molecule has 0 saturated carbocycles. The zero-order valence-corrected chi connectivity index (χ0v) is 15.5. The molecule has 1 aliphatic heterocycles. The molecule has 0 radical (unpaired) electrons. The van der Waals surface area contributed by atoms with E-state index in [2.05, 4.69) is 0 Å². The van der Waals surface area contributed by atoms with Crippen LogP contribution < -0.4 is 10.3 Å². The molecule has 3 rings (SSSR count). The normalized spacial score (nSPS) is 21.1. The number of pyridine rings is 1. The summed E-state index contributed by atoms with van der Waals surface area (Å²) in [4.78, 5) is 12.7. The lowest BCUT2D eigenvalue weighted by atomic mass is 9.85. The summed E-state index contributed by atoms with van der Waals surface area (Å²) in [5, 5.41) is 19.8. The number of nitrogens with zero attached hydrogens (tertiary/aromatic N) is 1. The van der Waals surface area contributed by atoms with E-state index in [9.17, 15) is 23.1 Å². The van der Waals surface area contributed by atoms with Crippen molar-refractivity contribution in [1.82, 2.24) is 4.57 Å². The van der Waals surface area contributed by atoms with Crippen molar-refractivity contribution in [3.8, 4) is 5.75 Å². The number of alkyl halides is 3. The van der Waals surface area contributed by atoms with E-state index in [-0.39, 0.29) is 17.9 Å². The van der Waals surface area contributed by atoms with Crippen LogP contribution in [0.25, 0.3) is 0 Å². The van der Waals surface area contributed by atoms with Gasteiger partial charge in [0, 0.05) is 24.4 Å². The van der Waals surface area contributed by atoms with Gasteiger partial charge in [-0.25, -0.2) is 0 Å². The largest absolute Gasteiger partial charge is 0.485 e. The standard InChI is InChI=1S/C20H22F3NO4/c1-19(2)18(27)17(24-8-7-12(4-3-9-25)10-16(24)26)14-11-13(20(21,22)23)5-6-15(14)28-19/h5-8,10-11,17-18,25,27H,3-4,9H2,1-2H3/t17-,18+/m1/s1. The highest BCUT2D eigenvalue weighted by Crippen LogP contribution is 2.43. The van der Waals surface area contributed by atoms with Crippen molar-refractivity contribution >= 4 is 0 Å². The Morgan fingerprint density at radius 2 is 1.93 bits per heavy atom. The van der Waals surface area contributed by atoms with Crippen molar-refractivity contribution < 1.29 is 28.1 Å². The van der Waals surface area contributed by atoms with Crippen molar-refractivity contribution in [3.05, 3.63) is 63.6 Å². The summed E-state index contributed by atoms with van der Waals surface area (Å²) < 4.78 is 46.5. The van der Waals surface area contributed by atoms with E-state index >= 15 is 0 Å². The van der Waals surface area contributed by atoms with Crippen LogP contribution in [0.4, 0.5) is 13.2 Å². The quantitative estimate of drug-likeness (QED) is 0.832.